The summed E-state index contributed by atoms with van der Waals surface area (Å²) in [5, 5.41) is 6.69. The van der Waals surface area contributed by atoms with Crippen LogP contribution in [0.2, 0.25) is 10.0 Å². The highest BCUT2D eigenvalue weighted by Crippen LogP contribution is 2.32. The summed E-state index contributed by atoms with van der Waals surface area (Å²) in [6.45, 7) is 1.46. The summed E-state index contributed by atoms with van der Waals surface area (Å²) < 4.78 is 6.84. The van der Waals surface area contributed by atoms with Crippen molar-refractivity contribution in [1.82, 2.24) is 9.55 Å². The van der Waals surface area contributed by atoms with Gasteiger partial charge in [-0.3, -0.25) is 14.9 Å². The number of carbonyl (C=O) groups excluding carboxylic acids is 2. The van der Waals surface area contributed by atoms with Crippen molar-refractivity contribution in [3.63, 3.8) is 0 Å². The van der Waals surface area contributed by atoms with E-state index >= 15 is 0 Å². The van der Waals surface area contributed by atoms with Crippen molar-refractivity contribution in [2.75, 3.05) is 5.32 Å². The predicted octanol–water partition coefficient (Wildman–Crippen LogP) is 6.82. The predicted molar refractivity (Wildman–Crippen MR) is 156 cm³/mol. The van der Waals surface area contributed by atoms with Gasteiger partial charge in [0.2, 0.25) is 0 Å². The first kappa shape index (κ1) is 26.6. The number of hydrogen-bond acceptors (Lipinski definition) is 6. The minimum Gasteiger partial charge on any atom is -0.448 e. The van der Waals surface area contributed by atoms with Gasteiger partial charge in [-0.25, -0.2) is 9.78 Å². The third-order valence-corrected chi connectivity index (χ3v) is 7.66. The van der Waals surface area contributed by atoms with Gasteiger partial charge in [0, 0.05) is 28.9 Å². The Kier molecular flexibility index (Phi) is 7.52. The van der Waals surface area contributed by atoms with Crippen molar-refractivity contribution in [2.24, 2.45) is 7.05 Å². The molecule has 196 valence electrons. The van der Waals surface area contributed by atoms with E-state index in [4.69, 9.17) is 27.9 Å². The highest BCUT2D eigenvalue weighted by Gasteiger charge is 2.26. The molecule has 0 saturated carbocycles. The van der Waals surface area contributed by atoms with Gasteiger partial charge in [0.25, 0.3) is 11.5 Å². The van der Waals surface area contributed by atoms with Crippen LogP contribution in [0.25, 0.3) is 33.2 Å². The number of thiazole rings is 1. The zero-order valence-corrected chi connectivity index (χ0v) is 23.1. The van der Waals surface area contributed by atoms with Gasteiger partial charge in [0.05, 0.1) is 15.7 Å². The second kappa shape index (κ2) is 11.0. The number of nitrogens with zero attached hydrogens (tertiary/aromatic N) is 2. The van der Waals surface area contributed by atoms with Crippen LogP contribution >= 0.6 is 34.5 Å². The van der Waals surface area contributed by atoms with Crippen LogP contribution in [0, 0.1) is 0 Å². The molecule has 3 aromatic carbocycles. The molecule has 5 aromatic rings. The van der Waals surface area contributed by atoms with Crippen LogP contribution < -0.4 is 10.9 Å². The van der Waals surface area contributed by atoms with Gasteiger partial charge < -0.3 is 9.30 Å². The second-order valence-electron chi connectivity index (χ2n) is 8.70. The summed E-state index contributed by atoms with van der Waals surface area (Å²) in [5.74, 6) is -1.36. The number of pyridine rings is 1. The third kappa shape index (κ3) is 5.31. The van der Waals surface area contributed by atoms with Gasteiger partial charge in [-0.1, -0.05) is 77.8 Å². The molecule has 1 N–H and O–H groups in total. The summed E-state index contributed by atoms with van der Waals surface area (Å²) in [5.41, 5.74) is 2.36. The average Bonchev–Trinajstić information content (AvgIpc) is 3.40. The molecule has 0 spiro atoms. The lowest BCUT2D eigenvalue weighted by molar-refractivity contribution is -0.123. The first-order valence-electron chi connectivity index (χ1n) is 11.8. The Labute approximate surface area is 237 Å². The van der Waals surface area contributed by atoms with Crippen molar-refractivity contribution in [3.8, 4) is 22.4 Å². The normalized spacial score (nSPS) is 11.8. The maximum Gasteiger partial charge on any atom is 0.356 e. The molecule has 1 amide bonds. The number of esters is 1. The topological polar surface area (TPSA) is 90.3 Å². The number of rotatable bonds is 6. The molecular weight excluding hydrogens is 557 g/mol. The Morgan fingerprint density at radius 2 is 1.64 bits per heavy atom. The van der Waals surface area contributed by atoms with Crippen LogP contribution in [0.5, 0.6) is 0 Å². The first-order valence-corrected chi connectivity index (χ1v) is 13.5. The number of benzene rings is 3. The summed E-state index contributed by atoms with van der Waals surface area (Å²) in [6, 6.07) is 21.5. The smallest absolute Gasteiger partial charge is 0.356 e. The van der Waals surface area contributed by atoms with Crippen molar-refractivity contribution in [3.05, 3.63) is 104 Å². The summed E-state index contributed by atoms with van der Waals surface area (Å²) in [7, 11) is 1.52. The number of nitrogens with one attached hydrogen (secondary N) is 1. The van der Waals surface area contributed by atoms with Gasteiger partial charge in [-0.2, -0.15) is 0 Å². The van der Waals surface area contributed by atoms with E-state index in [1.165, 1.54) is 29.9 Å². The molecule has 0 fully saturated rings. The van der Waals surface area contributed by atoms with Gasteiger partial charge in [0.1, 0.15) is 5.69 Å². The monoisotopic (exact) mass is 577 g/mol. The standard InChI is InChI=1S/C29H21Cl2N3O4S/c1-16(26(35)33-29-32-23(15-39-29)18-12-13-21(30)22(31)14-18)38-28(37)25-24(17-8-4-3-5-9-17)19-10-6-7-11-20(19)27(36)34(25)2/h3-16H,1-2H3,(H,32,33,35). The summed E-state index contributed by atoms with van der Waals surface area (Å²) >= 11 is 13.3. The number of fused-ring (bicyclic) bond motifs is 1. The van der Waals surface area contributed by atoms with E-state index in [1.54, 1.807) is 47.8 Å². The van der Waals surface area contributed by atoms with E-state index in [9.17, 15) is 14.4 Å². The van der Waals surface area contributed by atoms with Gasteiger partial charge in [0.15, 0.2) is 11.2 Å². The van der Waals surface area contributed by atoms with Gasteiger partial charge >= 0.3 is 5.97 Å². The number of aromatic nitrogens is 2. The molecule has 7 nitrogen and oxygen atoms in total. The molecule has 0 bridgehead atoms. The number of anilines is 1. The van der Waals surface area contributed by atoms with Crippen LogP contribution in [-0.2, 0) is 16.6 Å². The number of hydrogen-bond donors (Lipinski definition) is 1. The van der Waals surface area contributed by atoms with Crippen molar-refractivity contribution >= 4 is 62.3 Å². The number of ether oxygens (including phenoxy) is 1. The van der Waals surface area contributed by atoms with Gasteiger partial charge in [-0.05, 0) is 36.1 Å². The minimum absolute atomic E-state index is 0.0562. The molecule has 0 aliphatic carbocycles. The maximum atomic E-state index is 13.5. The van der Waals surface area contributed by atoms with Crippen molar-refractivity contribution in [1.29, 1.82) is 0 Å². The average molecular weight is 578 g/mol. The van der Waals surface area contributed by atoms with E-state index < -0.39 is 18.0 Å². The van der Waals surface area contributed by atoms with Gasteiger partial charge in [-0.15, -0.1) is 11.3 Å². The molecule has 1 atom stereocenters. The van der Waals surface area contributed by atoms with Crippen LogP contribution in [0.1, 0.15) is 17.4 Å². The fourth-order valence-corrected chi connectivity index (χ4v) is 5.22. The van der Waals surface area contributed by atoms with E-state index in [0.29, 0.717) is 37.2 Å². The molecule has 1 unspecified atom stereocenters. The van der Waals surface area contributed by atoms with Crippen LogP contribution in [-0.4, -0.2) is 27.5 Å². The Hall–Kier alpha value is -3.98. The molecule has 0 radical (unpaired) electrons. The largest absolute Gasteiger partial charge is 0.448 e. The Morgan fingerprint density at radius 1 is 0.949 bits per heavy atom. The highest BCUT2D eigenvalue weighted by atomic mass is 35.5. The second-order valence-corrected chi connectivity index (χ2v) is 10.4. The summed E-state index contributed by atoms with van der Waals surface area (Å²) in [6.07, 6.45) is -1.17. The molecule has 10 heteroatoms. The quantitative estimate of drug-likeness (QED) is 0.223. The molecule has 0 aliphatic heterocycles. The Morgan fingerprint density at radius 3 is 2.36 bits per heavy atom. The molecule has 39 heavy (non-hydrogen) atoms. The molecule has 2 heterocycles. The zero-order valence-electron chi connectivity index (χ0n) is 20.8. The van der Waals surface area contributed by atoms with Crippen LogP contribution in [0.4, 0.5) is 5.13 Å². The Balaban J connectivity index is 1.41. The van der Waals surface area contributed by atoms with Crippen LogP contribution in [0.3, 0.4) is 0 Å². The SMILES string of the molecule is CC(OC(=O)c1c(-c2ccccc2)c2ccccc2c(=O)n1C)C(=O)Nc1nc(-c2ccc(Cl)c(Cl)c2)cs1. The van der Waals surface area contributed by atoms with E-state index in [2.05, 4.69) is 10.3 Å². The lowest BCUT2D eigenvalue weighted by atomic mass is 9.97. The lowest BCUT2D eigenvalue weighted by Gasteiger charge is -2.18. The van der Waals surface area contributed by atoms with E-state index in [1.807, 2.05) is 30.3 Å². The van der Waals surface area contributed by atoms with E-state index in [0.717, 1.165) is 11.1 Å². The van der Waals surface area contributed by atoms with E-state index in [-0.39, 0.29) is 11.3 Å². The number of halogens is 2. The van der Waals surface area contributed by atoms with Crippen LogP contribution in [0.15, 0.2) is 83.0 Å². The molecule has 0 aliphatic rings. The van der Waals surface area contributed by atoms with Crippen molar-refractivity contribution < 1.29 is 14.3 Å². The fraction of sp³-hybridized carbons (Fsp3) is 0.103. The maximum absolute atomic E-state index is 13.5. The molecule has 2 aromatic heterocycles. The molecule has 0 saturated heterocycles. The highest BCUT2D eigenvalue weighted by molar-refractivity contribution is 7.14. The fourth-order valence-electron chi connectivity index (χ4n) is 4.20. The molecule has 5 rings (SSSR count). The first-order chi connectivity index (χ1) is 18.7. The number of carbonyl (C=O) groups is 2. The third-order valence-electron chi connectivity index (χ3n) is 6.16. The zero-order chi connectivity index (χ0) is 27.7. The number of amides is 1. The van der Waals surface area contributed by atoms with Crippen molar-refractivity contribution in [2.45, 2.75) is 13.0 Å². The summed E-state index contributed by atoms with van der Waals surface area (Å²) in [4.78, 5) is 43.9. The minimum atomic E-state index is -1.17. The Bertz CT molecular complexity index is 1780. The molecular formula is C29H21Cl2N3O4S. The lowest BCUT2D eigenvalue weighted by Crippen LogP contribution is -2.32.